The summed E-state index contributed by atoms with van der Waals surface area (Å²) in [5.41, 5.74) is 10.0. The molecular formula is C11H10ClN3O. The van der Waals surface area contributed by atoms with E-state index in [2.05, 4.69) is 10.0 Å². The highest BCUT2D eigenvalue weighted by atomic mass is 35.5. The summed E-state index contributed by atoms with van der Waals surface area (Å²) in [5.74, 6) is 0. The number of hydrogen-bond acceptors (Lipinski definition) is 2. The van der Waals surface area contributed by atoms with Gasteiger partial charge in [0.25, 0.3) is 5.24 Å². The summed E-state index contributed by atoms with van der Waals surface area (Å²) in [6.07, 6.45) is 0. The zero-order valence-electron chi connectivity index (χ0n) is 8.72. The van der Waals surface area contributed by atoms with Gasteiger partial charge in [-0.05, 0) is 29.6 Å². The number of rotatable bonds is 4. The zero-order chi connectivity index (χ0) is 12.0. The van der Waals surface area contributed by atoms with E-state index in [-0.39, 0.29) is 6.54 Å². The van der Waals surface area contributed by atoms with Crippen LogP contribution in [0, 0.1) is 0 Å². The summed E-state index contributed by atoms with van der Waals surface area (Å²) >= 11 is 5.52. The standard InChI is InChI=1S/C11H10ClN3O/c1-8(7-14-15-13)10(11(12)16)9-5-3-2-4-6-9/h2-6H,7H2,1H3/b10-8+. The van der Waals surface area contributed by atoms with Gasteiger partial charge in [-0.3, -0.25) is 4.79 Å². The Bertz CT molecular complexity index is 461. The minimum Gasteiger partial charge on any atom is -0.276 e. The fourth-order valence-electron chi connectivity index (χ4n) is 1.35. The van der Waals surface area contributed by atoms with E-state index in [1.54, 1.807) is 19.1 Å². The second kappa shape index (κ2) is 5.95. The average molecular weight is 236 g/mol. The summed E-state index contributed by atoms with van der Waals surface area (Å²) < 4.78 is 0. The van der Waals surface area contributed by atoms with Crippen molar-refractivity contribution >= 4 is 22.4 Å². The molecule has 0 fully saturated rings. The molecule has 0 amide bonds. The van der Waals surface area contributed by atoms with E-state index in [1.807, 2.05) is 18.2 Å². The number of carbonyl (C=O) groups excluding carboxylic acids is 1. The second-order valence-electron chi connectivity index (χ2n) is 3.18. The van der Waals surface area contributed by atoms with E-state index >= 15 is 0 Å². The fourth-order valence-corrected chi connectivity index (χ4v) is 1.62. The van der Waals surface area contributed by atoms with Crippen LogP contribution in [0.25, 0.3) is 16.0 Å². The highest BCUT2D eigenvalue weighted by molar-refractivity contribution is 6.74. The number of hydrogen-bond donors (Lipinski definition) is 0. The van der Waals surface area contributed by atoms with Crippen LogP contribution in [0.5, 0.6) is 0 Å². The molecular weight excluding hydrogens is 226 g/mol. The normalized spacial score (nSPS) is 11.4. The molecule has 0 radical (unpaired) electrons. The predicted octanol–water partition coefficient (Wildman–Crippen LogP) is 3.54. The largest absolute Gasteiger partial charge is 0.276 e. The molecule has 0 N–H and O–H groups in total. The molecule has 0 bridgehead atoms. The van der Waals surface area contributed by atoms with E-state index in [0.717, 1.165) is 5.56 Å². The number of allylic oxidation sites excluding steroid dienone is 1. The third-order valence-corrected chi connectivity index (χ3v) is 2.25. The third-order valence-electron chi connectivity index (χ3n) is 2.06. The predicted molar refractivity (Wildman–Crippen MR) is 63.9 cm³/mol. The summed E-state index contributed by atoms with van der Waals surface area (Å²) in [4.78, 5) is 14.0. The van der Waals surface area contributed by atoms with Crippen molar-refractivity contribution in [3.63, 3.8) is 0 Å². The molecule has 0 saturated carbocycles. The van der Waals surface area contributed by atoms with Gasteiger partial charge in [0.1, 0.15) is 0 Å². The highest BCUT2D eigenvalue weighted by Gasteiger charge is 2.11. The lowest BCUT2D eigenvalue weighted by Crippen LogP contribution is -1.99. The lowest BCUT2D eigenvalue weighted by molar-refractivity contribution is -0.106. The number of nitrogens with zero attached hydrogens (tertiary/aromatic N) is 3. The molecule has 16 heavy (non-hydrogen) atoms. The maximum Gasteiger partial charge on any atom is 0.252 e. The smallest absolute Gasteiger partial charge is 0.252 e. The fraction of sp³-hybridized carbons (Fsp3) is 0.182. The zero-order valence-corrected chi connectivity index (χ0v) is 9.48. The molecule has 1 rings (SSSR count). The van der Waals surface area contributed by atoms with Gasteiger partial charge in [-0.15, -0.1) is 0 Å². The van der Waals surface area contributed by atoms with Crippen molar-refractivity contribution in [2.75, 3.05) is 6.54 Å². The van der Waals surface area contributed by atoms with E-state index in [0.29, 0.717) is 11.1 Å². The molecule has 0 saturated heterocycles. The Kier molecular flexibility index (Phi) is 4.58. The molecule has 4 nitrogen and oxygen atoms in total. The second-order valence-corrected chi connectivity index (χ2v) is 3.53. The Morgan fingerprint density at radius 2 is 2.06 bits per heavy atom. The molecule has 1 aromatic carbocycles. The average Bonchev–Trinajstić information content (AvgIpc) is 2.27. The van der Waals surface area contributed by atoms with Gasteiger partial charge < -0.3 is 0 Å². The molecule has 82 valence electrons. The van der Waals surface area contributed by atoms with E-state index in [9.17, 15) is 4.79 Å². The minimum atomic E-state index is -0.545. The molecule has 0 aliphatic heterocycles. The van der Waals surface area contributed by atoms with Gasteiger partial charge in [-0.1, -0.05) is 41.0 Å². The Hall–Kier alpha value is -1.77. The molecule has 0 heterocycles. The first-order valence-electron chi connectivity index (χ1n) is 4.62. The van der Waals surface area contributed by atoms with Crippen molar-refractivity contribution in [1.82, 2.24) is 0 Å². The SMILES string of the molecule is C/C(CN=[N+]=[N-])=C(\C(=O)Cl)c1ccccc1. The highest BCUT2D eigenvalue weighted by Crippen LogP contribution is 2.21. The van der Waals surface area contributed by atoms with E-state index in [4.69, 9.17) is 17.1 Å². The van der Waals surface area contributed by atoms with Crippen LogP contribution in [0.4, 0.5) is 0 Å². The van der Waals surface area contributed by atoms with Crippen LogP contribution in [0.1, 0.15) is 12.5 Å². The number of carbonyl (C=O) groups is 1. The molecule has 0 aromatic heterocycles. The maximum absolute atomic E-state index is 11.3. The first-order chi connectivity index (χ1) is 7.66. The lowest BCUT2D eigenvalue weighted by atomic mass is 10.0. The van der Waals surface area contributed by atoms with Gasteiger partial charge in [-0.2, -0.15) is 0 Å². The summed E-state index contributed by atoms with van der Waals surface area (Å²) in [6.45, 7) is 1.86. The van der Waals surface area contributed by atoms with Gasteiger partial charge in [0.15, 0.2) is 0 Å². The van der Waals surface area contributed by atoms with Crippen LogP contribution in [0.15, 0.2) is 41.0 Å². The molecule has 0 unspecified atom stereocenters. The lowest BCUT2D eigenvalue weighted by Gasteiger charge is -2.06. The molecule has 0 atom stereocenters. The molecule has 0 aliphatic carbocycles. The van der Waals surface area contributed by atoms with Crippen molar-refractivity contribution in [2.45, 2.75) is 6.92 Å². The molecule has 0 spiro atoms. The number of benzene rings is 1. The van der Waals surface area contributed by atoms with Crippen molar-refractivity contribution in [3.05, 3.63) is 51.9 Å². The van der Waals surface area contributed by atoms with Crippen molar-refractivity contribution in [1.29, 1.82) is 0 Å². The number of azide groups is 1. The van der Waals surface area contributed by atoms with Crippen LogP contribution in [-0.2, 0) is 4.79 Å². The van der Waals surface area contributed by atoms with Crippen LogP contribution >= 0.6 is 11.6 Å². The monoisotopic (exact) mass is 235 g/mol. The van der Waals surface area contributed by atoms with Crippen LogP contribution in [0.3, 0.4) is 0 Å². The molecule has 1 aromatic rings. The van der Waals surface area contributed by atoms with Crippen molar-refractivity contribution in [3.8, 4) is 0 Å². The molecule has 5 heteroatoms. The Morgan fingerprint density at radius 3 is 2.56 bits per heavy atom. The topological polar surface area (TPSA) is 65.8 Å². The van der Waals surface area contributed by atoms with Gasteiger partial charge in [-0.25, -0.2) is 0 Å². The summed E-state index contributed by atoms with van der Waals surface area (Å²) in [6, 6.07) is 9.05. The quantitative estimate of drug-likeness (QED) is 0.259. The van der Waals surface area contributed by atoms with Crippen LogP contribution in [0.2, 0.25) is 0 Å². The van der Waals surface area contributed by atoms with Gasteiger partial charge in [0.05, 0.1) is 0 Å². The maximum atomic E-state index is 11.3. The Morgan fingerprint density at radius 1 is 1.44 bits per heavy atom. The number of halogens is 1. The van der Waals surface area contributed by atoms with Gasteiger partial charge in [0, 0.05) is 17.0 Å². The van der Waals surface area contributed by atoms with Crippen LogP contribution in [-0.4, -0.2) is 11.8 Å². The third kappa shape index (κ3) is 3.12. The van der Waals surface area contributed by atoms with E-state index < -0.39 is 5.24 Å². The first kappa shape index (κ1) is 12.3. The summed E-state index contributed by atoms with van der Waals surface area (Å²) in [7, 11) is 0. The Labute approximate surface area is 98.2 Å². The van der Waals surface area contributed by atoms with Crippen LogP contribution < -0.4 is 0 Å². The van der Waals surface area contributed by atoms with E-state index in [1.165, 1.54) is 0 Å². The molecule has 0 aliphatic rings. The van der Waals surface area contributed by atoms with Crippen molar-refractivity contribution < 1.29 is 4.79 Å². The van der Waals surface area contributed by atoms with Crippen molar-refractivity contribution in [2.24, 2.45) is 5.11 Å². The van der Waals surface area contributed by atoms with Gasteiger partial charge in [0.2, 0.25) is 0 Å². The minimum absolute atomic E-state index is 0.138. The van der Waals surface area contributed by atoms with Gasteiger partial charge >= 0.3 is 0 Å². The first-order valence-corrected chi connectivity index (χ1v) is 5.00. The summed E-state index contributed by atoms with van der Waals surface area (Å²) in [5, 5.41) is 2.87. The Balaban J connectivity index is 3.18.